The fraction of sp³-hybridized carbons (Fsp3) is 0.143. The number of amides is 1. The molecular weight excluding hydrogens is 378 g/mol. The number of aromatic nitrogens is 2. The van der Waals surface area contributed by atoms with Gasteiger partial charge in [-0.1, -0.05) is 60.1 Å². The zero-order valence-electron chi connectivity index (χ0n) is 14.9. The molecule has 7 heteroatoms. The second-order valence-corrected chi connectivity index (χ2v) is 6.66. The van der Waals surface area contributed by atoms with Gasteiger partial charge < -0.3 is 10.4 Å². The molecule has 142 valence electrons. The third kappa shape index (κ3) is 5.14. The molecule has 3 rings (SSSR count). The molecule has 0 saturated carbocycles. The standard InChI is InChI=1S/C21H18ClN3O3/c22-17-9-5-4-8-16(17)18-10-11-19(25-24-18)23-21(28)15(13-20(26)27)12-14-6-2-1-3-7-14/h1-11,15H,12-13H2,(H,26,27)(H,23,25,28)/t15-/m1/s1. The van der Waals surface area contributed by atoms with Crippen LogP contribution in [0.4, 0.5) is 5.82 Å². The molecule has 1 aromatic heterocycles. The summed E-state index contributed by atoms with van der Waals surface area (Å²) in [6.45, 7) is 0. The van der Waals surface area contributed by atoms with Crippen molar-refractivity contribution in [1.82, 2.24) is 10.2 Å². The molecule has 0 radical (unpaired) electrons. The topological polar surface area (TPSA) is 92.2 Å². The van der Waals surface area contributed by atoms with Crippen molar-refractivity contribution in [3.63, 3.8) is 0 Å². The molecule has 1 heterocycles. The van der Waals surface area contributed by atoms with Crippen molar-refractivity contribution in [1.29, 1.82) is 0 Å². The summed E-state index contributed by atoms with van der Waals surface area (Å²) in [7, 11) is 0. The van der Waals surface area contributed by atoms with E-state index >= 15 is 0 Å². The zero-order valence-corrected chi connectivity index (χ0v) is 15.6. The Hall–Kier alpha value is -3.25. The number of benzene rings is 2. The van der Waals surface area contributed by atoms with Gasteiger partial charge in [0.25, 0.3) is 0 Å². The summed E-state index contributed by atoms with van der Waals surface area (Å²) in [6.07, 6.45) is 0.0516. The first-order valence-electron chi connectivity index (χ1n) is 8.68. The fourth-order valence-corrected chi connectivity index (χ4v) is 3.04. The van der Waals surface area contributed by atoms with Crippen molar-refractivity contribution < 1.29 is 14.7 Å². The first kappa shape index (κ1) is 19.5. The second-order valence-electron chi connectivity index (χ2n) is 6.26. The van der Waals surface area contributed by atoms with E-state index in [1.165, 1.54) is 0 Å². The van der Waals surface area contributed by atoms with Crippen LogP contribution in [-0.4, -0.2) is 27.2 Å². The molecule has 0 saturated heterocycles. The van der Waals surface area contributed by atoms with Crippen LogP contribution in [0, 0.1) is 5.92 Å². The van der Waals surface area contributed by atoms with Crippen molar-refractivity contribution in [3.05, 3.63) is 77.3 Å². The molecular formula is C21H18ClN3O3. The Balaban J connectivity index is 1.72. The maximum Gasteiger partial charge on any atom is 0.304 e. The van der Waals surface area contributed by atoms with Gasteiger partial charge in [-0.3, -0.25) is 9.59 Å². The Morgan fingerprint density at radius 3 is 2.32 bits per heavy atom. The number of aliphatic carboxylic acids is 1. The summed E-state index contributed by atoms with van der Waals surface area (Å²) in [4.78, 5) is 23.8. The number of rotatable bonds is 7. The van der Waals surface area contributed by atoms with E-state index < -0.39 is 17.8 Å². The molecule has 0 aliphatic carbocycles. The number of hydrogen-bond donors (Lipinski definition) is 2. The van der Waals surface area contributed by atoms with Crippen LogP contribution in [0.3, 0.4) is 0 Å². The lowest BCUT2D eigenvalue weighted by molar-refractivity contribution is -0.140. The van der Waals surface area contributed by atoms with Crippen LogP contribution in [0.15, 0.2) is 66.7 Å². The molecule has 0 aliphatic rings. The van der Waals surface area contributed by atoms with Gasteiger partial charge in [0.05, 0.1) is 23.1 Å². The van der Waals surface area contributed by atoms with Crippen LogP contribution < -0.4 is 5.32 Å². The number of nitrogens with one attached hydrogen (secondary N) is 1. The van der Waals surface area contributed by atoms with E-state index in [4.69, 9.17) is 16.7 Å². The Kier molecular flexibility index (Phi) is 6.34. The summed E-state index contributed by atoms with van der Waals surface area (Å²) < 4.78 is 0. The minimum absolute atomic E-state index is 0.254. The van der Waals surface area contributed by atoms with Crippen LogP contribution in [0.2, 0.25) is 5.02 Å². The molecule has 2 N–H and O–H groups in total. The van der Waals surface area contributed by atoms with E-state index in [9.17, 15) is 9.59 Å². The molecule has 3 aromatic rings. The maximum absolute atomic E-state index is 12.6. The molecule has 2 aromatic carbocycles. The fourth-order valence-electron chi connectivity index (χ4n) is 2.81. The summed E-state index contributed by atoms with van der Waals surface area (Å²) >= 11 is 6.16. The highest BCUT2D eigenvalue weighted by Gasteiger charge is 2.23. The molecule has 1 amide bonds. The highest BCUT2D eigenvalue weighted by Crippen LogP contribution is 2.25. The van der Waals surface area contributed by atoms with Crippen molar-refractivity contribution >= 4 is 29.3 Å². The van der Waals surface area contributed by atoms with Gasteiger partial charge >= 0.3 is 5.97 Å². The average Bonchev–Trinajstić information content (AvgIpc) is 2.69. The molecule has 0 bridgehead atoms. The normalized spacial score (nSPS) is 11.6. The van der Waals surface area contributed by atoms with Gasteiger partial charge in [-0.15, -0.1) is 10.2 Å². The maximum atomic E-state index is 12.6. The third-order valence-corrected chi connectivity index (χ3v) is 4.51. The van der Waals surface area contributed by atoms with E-state index in [2.05, 4.69) is 15.5 Å². The number of hydrogen-bond acceptors (Lipinski definition) is 4. The largest absolute Gasteiger partial charge is 0.481 e. The van der Waals surface area contributed by atoms with Gasteiger partial charge in [-0.2, -0.15) is 0 Å². The zero-order chi connectivity index (χ0) is 19.9. The van der Waals surface area contributed by atoms with Crippen LogP contribution in [0.1, 0.15) is 12.0 Å². The van der Waals surface area contributed by atoms with Crippen molar-refractivity contribution in [3.8, 4) is 11.3 Å². The lowest BCUT2D eigenvalue weighted by Gasteiger charge is -2.15. The minimum Gasteiger partial charge on any atom is -0.481 e. The van der Waals surface area contributed by atoms with Crippen LogP contribution >= 0.6 is 11.6 Å². The molecule has 0 spiro atoms. The molecule has 6 nitrogen and oxygen atoms in total. The Morgan fingerprint density at radius 2 is 1.68 bits per heavy atom. The van der Waals surface area contributed by atoms with Gasteiger partial charge in [0.1, 0.15) is 0 Å². The number of nitrogens with zero attached hydrogens (tertiary/aromatic N) is 2. The number of anilines is 1. The predicted octanol–water partition coefficient (Wildman–Crippen LogP) is 4.07. The number of halogens is 1. The van der Waals surface area contributed by atoms with E-state index in [1.807, 2.05) is 48.5 Å². The molecule has 1 atom stereocenters. The number of carboxylic acids is 1. The average molecular weight is 396 g/mol. The van der Waals surface area contributed by atoms with Gasteiger partial charge in [0.2, 0.25) is 5.91 Å². The summed E-state index contributed by atoms with van der Waals surface area (Å²) in [5.41, 5.74) is 2.21. The number of carbonyl (C=O) groups is 2. The molecule has 0 fully saturated rings. The minimum atomic E-state index is -1.03. The Bertz CT molecular complexity index is 962. The van der Waals surface area contributed by atoms with Crippen LogP contribution in [-0.2, 0) is 16.0 Å². The summed E-state index contributed by atoms with van der Waals surface area (Å²) in [5.74, 6) is -1.91. The van der Waals surface area contributed by atoms with Gasteiger partial charge in [-0.05, 0) is 30.2 Å². The number of carboxylic acid groups (broad SMARTS) is 1. The van der Waals surface area contributed by atoms with E-state index in [1.54, 1.807) is 18.2 Å². The van der Waals surface area contributed by atoms with E-state index in [-0.39, 0.29) is 12.2 Å². The van der Waals surface area contributed by atoms with E-state index in [0.29, 0.717) is 17.1 Å². The predicted molar refractivity (Wildman–Crippen MR) is 107 cm³/mol. The lowest BCUT2D eigenvalue weighted by Crippen LogP contribution is -2.27. The monoisotopic (exact) mass is 395 g/mol. The molecule has 0 aliphatic heterocycles. The quantitative estimate of drug-likeness (QED) is 0.629. The van der Waals surface area contributed by atoms with Crippen molar-refractivity contribution in [2.24, 2.45) is 5.92 Å². The summed E-state index contributed by atoms with van der Waals surface area (Å²) in [6, 6.07) is 19.9. The first-order chi connectivity index (χ1) is 13.5. The van der Waals surface area contributed by atoms with Crippen LogP contribution in [0.5, 0.6) is 0 Å². The third-order valence-electron chi connectivity index (χ3n) is 4.18. The van der Waals surface area contributed by atoms with Crippen LogP contribution in [0.25, 0.3) is 11.3 Å². The highest BCUT2D eigenvalue weighted by atomic mass is 35.5. The summed E-state index contributed by atoms with van der Waals surface area (Å²) in [5, 5.41) is 20.5. The van der Waals surface area contributed by atoms with Crippen molar-refractivity contribution in [2.75, 3.05) is 5.32 Å². The lowest BCUT2D eigenvalue weighted by atomic mass is 9.95. The van der Waals surface area contributed by atoms with Gasteiger partial charge in [0.15, 0.2) is 5.82 Å². The first-order valence-corrected chi connectivity index (χ1v) is 9.06. The Morgan fingerprint density at radius 1 is 0.964 bits per heavy atom. The van der Waals surface area contributed by atoms with Crippen molar-refractivity contribution in [2.45, 2.75) is 12.8 Å². The highest BCUT2D eigenvalue weighted by molar-refractivity contribution is 6.33. The van der Waals surface area contributed by atoms with Gasteiger partial charge in [-0.25, -0.2) is 0 Å². The van der Waals surface area contributed by atoms with E-state index in [0.717, 1.165) is 11.1 Å². The smallest absolute Gasteiger partial charge is 0.304 e. The van der Waals surface area contributed by atoms with Gasteiger partial charge in [0, 0.05) is 5.56 Å². The second kappa shape index (κ2) is 9.10. The Labute approximate surface area is 167 Å². The molecule has 28 heavy (non-hydrogen) atoms. The number of carbonyl (C=O) groups excluding carboxylic acids is 1. The molecule has 0 unspecified atom stereocenters. The SMILES string of the molecule is O=C(O)C[C@@H](Cc1ccccc1)C(=O)Nc1ccc(-c2ccccc2Cl)nn1.